The third-order valence-electron chi connectivity index (χ3n) is 4.99. The van der Waals surface area contributed by atoms with Crippen LogP contribution in [0.4, 0.5) is 10.1 Å². The average molecular weight is 400 g/mol. The Morgan fingerprint density at radius 1 is 0.967 bits per heavy atom. The van der Waals surface area contributed by atoms with Crippen LogP contribution in [0.1, 0.15) is 27.3 Å². The number of carbonyl (C=O) groups is 1. The van der Waals surface area contributed by atoms with Crippen molar-refractivity contribution in [2.24, 2.45) is 0 Å². The minimum atomic E-state index is -0.409. The number of halogens is 1. The molecule has 0 aliphatic heterocycles. The van der Waals surface area contributed by atoms with E-state index < -0.39 is 5.91 Å². The van der Waals surface area contributed by atoms with E-state index in [0.29, 0.717) is 17.1 Å². The summed E-state index contributed by atoms with van der Waals surface area (Å²) in [5, 5.41) is 7.34. The van der Waals surface area contributed by atoms with Gasteiger partial charge in [-0.2, -0.15) is 0 Å². The highest BCUT2D eigenvalue weighted by atomic mass is 19.1. The van der Waals surface area contributed by atoms with Crippen molar-refractivity contribution in [1.82, 2.24) is 14.8 Å². The standard InChI is InChI=1S/C24H21FN4O/c1-15-6-4-8-20(14-15)26-24(30)22-27-23(18-10-12-19(25)13-11-18)29(28-22)21-9-5-7-16(2)17(21)3/h4-14H,1-3H3,(H,26,30). The molecule has 0 fully saturated rings. The van der Waals surface area contributed by atoms with Crippen LogP contribution in [0.3, 0.4) is 0 Å². The van der Waals surface area contributed by atoms with E-state index in [-0.39, 0.29) is 11.6 Å². The monoisotopic (exact) mass is 400 g/mol. The maximum atomic E-state index is 13.4. The SMILES string of the molecule is Cc1cccc(NC(=O)c2nc(-c3ccc(F)cc3)n(-c3cccc(C)c3C)n2)c1. The van der Waals surface area contributed by atoms with Gasteiger partial charge in [0, 0.05) is 11.3 Å². The maximum Gasteiger partial charge on any atom is 0.295 e. The number of nitrogens with zero attached hydrogens (tertiary/aromatic N) is 3. The van der Waals surface area contributed by atoms with Crippen molar-refractivity contribution in [2.45, 2.75) is 20.8 Å². The zero-order valence-corrected chi connectivity index (χ0v) is 17.0. The van der Waals surface area contributed by atoms with Gasteiger partial charge in [-0.15, -0.1) is 5.10 Å². The minimum absolute atomic E-state index is 0.0386. The van der Waals surface area contributed by atoms with Crippen LogP contribution in [0.5, 0.6) is 0 Å². The summed E-state index contributed by atoms with van der Waals surface area (Å²) in [7, 11) is 0. The number of anilines is 1. The molecule has 0 radical (unpaired) electrons. The summed E-state index contributed by atoms with van der Waals surface area (Å²) in [5.74, 6) is -0.239. The van der Waals surface area contributed by atoms with Crippen molar-refractivity contribution in [3.63, 3.8) is 0 Å². The van der Waals surface area contributed by atoms with Gasteiger partial charge < -0.3 is 5.32 Å². The number of nitrogens with one attached hydrogen (secondary N) is 1. The van der Waals surface area contributed by atoms with Gasteiger partial charge in [0.15, 0.2) is 5.82 Å². The van der Waals surface area contributed by atoms with Crippen molar-refractivity contribution in [3.05, 3.63) is 95.1 Å². The molecular formula is C24H21FN4O. The number of benzene rings is 3. The fraction of sp³-hybridized carbons (Fsp3) is 0.125. The molecule has 1 aromatic heterocycles. The van der Waals surface area contributed by atoms with Crippen LogP contribution >= 0.6 is 0 Å². The van der Waals surface area contributed by atoms with Crippen LogP contribution in [0.25, 0.3) is 17.1 Å². The lowest BCUT2D eigenvalue weighted by Gasteiger charge is -2.11. The Kier molecular flexibility index (Phi) is 5.14. The fourth-order valence-electron chi connectivity index (χ4n) is 3.24. The molecule has 5 nitrogen and oxygen atoms in total. The second-order valence-electron chi connectivity index (χ2n) is 7.22. The molecule has 0 saturated carbocycles. The number of aryl methyl sites for hydroxylation is 2. The van der Waals surface area contributed by atoms with Crippen LogP contribution in [0.2, 0.25) is 0 Å². The summed E-state index contributed by atoms with van der Waals surface area (Å²) in [4.78, 5) is 17.3. The van der Waals surface area contributed by atoms with E-state index in [4.69, 9.17) is 0 Å². The Balaban J connectivity index is 1.80. The van der Waals surface area contributed by atoms with Gasteiger partial charge in [0.1, 0.15) is 5.82 Å². The van der Waals surface area contributed by atoms with Gasteiger partial charge in [-0.1, -0.05) is 24.3 Å². The van der Waals surface area contributed by atoms with Gasteiger partial charge in [0.2, 0.25) is 5.82 Å². The first-order chi connectivity index (χ1) is 14.4. The molecule has 0 aliphatic carbocycles. The van der Waals surface area contributed by atoms with Crippen LogP contribution in [-0.2, 0) is 0 Å². The number of hydrogen-bond donors (Lipinski definition) is 1. The highest BCUT2D eigenvalue weighted by Gasteiger charge is 2.20. The summed E-state index contributed by atoms with van der Waals surface area (Å²) in [5.41, 5.74) is 5.31. The minimum Gasteiger partial charge on any atom is -0.319 e. The first-order valence-electron chi connectivity index (χ1n) is 9.60. The molecule has 0 spiro atoms. The van der Waals surface area contributed by atoms with E-state index in [1.54, 1.807) is 16.8 Å². The summed E-state index contributed by atoms with van der Waals surface area (Å²) in [6.07, 6.45) is 0. The summed E-state index contributed by atoms with van der Waals surface area (Å²) in [6.45, 7) is 5.96. The fourth-order valence-corrected chi connectivity index (χ4v) is 3.24. The molecule has 0 atom stereocenters. The number of amides is 1. The largest absolute Gasteiger partial charge is 0.319 e. The molecule has 0 bridgehead atoms. The predicted octanol–water partition coefficient (Wildman–Crippen LogP) is 5.25. The van der Waals surface area contributed by atoms with E-state index in [2.05, 4.69) is 15.4 Å². The van der Waals surface area contributed by atoms with Crippen LogP contribution in [-0.4, -0.2) is 20.7 Å². The van der Waals surface area contributed by atoms with Gasteiger partial charge >= 0.3 is 0 Å². The number of aromatic nitrogens is 3. The summed E-state index contributed by atoms with van der Waals surface area (Å²) >= 11 is 0. The Morgan fingerprint density at radius 2 is 1.70 bits per heavy atom. The molecular weight excluding hydrogens is 379 g/mol. The zero-order valence-electron chi connectivity index (χ0n) is 17.0. The number of rotatable bonds is 4. The molecule has 0 unspecified atom stereocenters. The first-order valence-corrected chi connectivity index (χ1v) is 9.60. The highest BCUT2D eigenvalue weighted by Crippen LogP contribution is 2.25. The molecule has 0 aliphatic rings. The van der Waals surface area contributed by atoms with Crippen molar-refractivity contribution in [3.8, 4) is 17.1 Å². The van der Waals surface area contributed by atoms with E-state index in [1.165, 1.54) is 12.1 Å². The van der Waals surface area contributed by atoms with Crippen molar-refractivity contribution >= 4 is 11.6 Å². The van der Waals surface area contributed by atoms with Gasteiger partial charge in [-0.3, -0.25) is 4.79 Å². The third kappa shape index (κ3) is 3.85. The lowest BCUT2D eigenvalue weighted by Crippen LogP contribution is -2.14. The molecule has 3 aromatic carbocycles. The Bertz CT molecular complexity index is 1230. The van der Waals surface area contributed by atoms with Crippen LogP contribution in [0, 0.1) is 26.6 Å². The number of carbonyl (C=O) groups excluding carboxylic acids is 1. The van der Waals surface area contributed by atoms with Gasteiger partial charge in [0.05, 0.1) is 5.69 Å². The lowest BCUT2D eigenvalue weighted by atomic mass is 10.1. The highest BCUT2D eigenvalue weighted by molar-refractivity contribution is 6.01. The Morgan fingerprint density at radius 3 is 2.43 bits per heavy atom. The average Bonchev–Trinajstić information content (AvgIpc) is 3.16. The third-order valence-corrected chi connectivity index (χ3v) is 4.99. The smallest absolute Gasteiger partial charge is 0.295 e. The molecule has 1 heterocycles. The molecule has 0 saturated heterocycles. The zero-order chi connectivity index (χ0) is 21.3. The van der Waals surface area contributed by atoms with E-state index in [0.717, 1.165) is 22.4 Å². The molecule has 150 valence electrons. The summed E-state index contributed by atoms with van der Waals surface area (Å²) < 4.78 is 15.1. The summed E-state index contributed by atoms with van der Waals surface area (Å²) in [6, 6.07) is 19.4. The van der Waals surface area contributed by atoms with Crippen LogP contribution < -0.4 is 5.32 Å². The molecule has 30 heavy (non-hydrogen) atoms. The van der Waals surface area contributed by atoms with Crippen molar-refractivity contribution in [1.29, 1.82) is 0 Å². The molecule has 6 heteroatoms. The second-order valence-corrected chi connectivity index (χ2v) is 7.22. The predicted molar refractivity (Wildman–Crippen MR) is 115 cm³/mol. The lowest BCUT2D eigenvalue weighted by molar-refractivity contribution is 0.101. The Hall–Kier alpha value is -3.80. The van der Waals surface area contributed by atoms with Gasteiger partial charge in [0.25, 0.3) is 5.91 Å². The quantitative estimate of drug-likeness (QED) is 0.509. The van der Waals surface area contributed by atoms with Crippen molar-refractivity contribution in [2.75, 3.05) is 5.32 Å². The molecule has 4 rings (SSSR count). The van der Waals surface area contributed by atoms with E-state index in [1.807, 2.05) is 63.2 Å². The Labute approximate surface area is 174 Å². The molecule has 4 aromatic rings. The normalized spacial score (nSPS) is 10.8. The van der Waals surface area contributed by atoms with Gasteiger partial charge in [-0.05, 0) is 79.9 Å². The molecule has 1 amide bonds. The first kappa shape index (κ1) is 19.5. The van der Waals surface area contributed by atoms with E-state index >= 15 is 0 Å². The van der Waals surface area contributed by atoms with Crippen LogP contribution in [0.15, 0.2) is 66.7 Å². The van der Waals surface area contributed by atoms with Crippen molar-refractivity contribution < 1.29 is 9.18 Å². The number of hydrogen-bond acceptors (Lipinski definition) is 3. The molecule has 1 N–H and O–H groups in total. The second kappa shape index (κ2) is 7.91. The maximum absolute atomic E-state index is 13.4. The van der Waals surface area contributed by atoms with E-state index in [9.17, 15) is 9.18 Å². The topological polar surface area (TPSA) is 59.8 Å². The van der Waals surface area contributed by atoms with Gasteiger partial charge in [-0.25, -0.2) is 14.1 Å².